The fraction of sp³-hybridized carbons (Fsp3) is 0.429. The number of aliphatic hydroxyl groups excluding tert-OH is 1. The highest BCUT2D eigenvalue weighted by Gasteiger charge is 2.33. The number of hydrogen-bond acceptors (Lipinski definition) is 7. The van der Waals surface area contributed by atoms with Gasteiger partial charge in [0, 0.05) is 30.7 Å². The molecule has 1 aliphatic heterocycles. The van der Waals surface area contributed by atoms with Crippen LogP contribution in [0.15, 0.2) is 30.3 Å². The molecule has 160 valence electrons. The second-order valence-electron chi connectivity index (χ2n) is 7.56. The Morgan fingerprint density at radius 1 is 1.17 bits per heavy atom. The largest absolute Gasteiger partial charge is 0.392 e. The molecular formula is C21H25N3O6. The minimum absolute atomic E-state index is 0.00140. The van der Waals surface area contributed by atoms with Crippen molar-refractivity contribution in [1.82, 2.24) is 0 Å². The van der Waals surface area contributed by atoms with Crippen molar-refractivity contribution in [3.8, 4) is 0 Å². The van der Waals surface area contributed by atoms with Crippen LogP contribution >= 0.6 is 0 Å². The van der Waals surface area contributed by atoms with Crippen molar-refractivity contribution in [3.63, 3.8) is 0 Å². The lowest BCUT2D eigenvalue weighted by Crippen LogP contribution is -2.28. The molecule has 2 aromatic rings. The SMILES string of the molecule is Cc1ccc(C2OCCCC2CNc2c([N+](=O)[O-])cc(CO)c(C)c2[N+](=O)[O-])cc1. The summed E-state index contributed by atoms with van der Waals surface area (Å²) >= 11 is 0. The molecule has 2 N–H and O–H groups in total. The highest BCUT2D eigenvalue weighted by Crippen LogP contribution is 2.41. The molecule has 2 atom stereocenters. The van der Waals surface area contributed by atoms with Crippen molar-refractivity contribution in [1.29, 1.82) is 0 Å². The van der Waals surface area contributed by atoms with Crippen LogP contribution < -0.4 is 5.32 Å². The van der Waals surface area contributed by atoms with Crippen molar-refractivity contribution >= 4 is 17.1 Å². The Kier molecular flexibility index (Phi) is 6.63. The van der Waals surface area contributed by atoms with Gasteiger partial charge in [-0.1, -0.05) is 29.8 Å². The van der Waals surface area contributed by atoms with Crippen LogP contribution in [0.25, 0.3) is 0 Å². The summed E-state index contributed by atoms with van der Waals surface area (Å²) in [5.74, 6) is -0.00140. The Morgan fingerprint density at radius 3 is 2.47 bits per heavy atom. The molecule has 0 amide bonds. The van der Waals surface area contributed by atoms with E-state index in [1.807, 2.05) is 31.2 Å². The van der Waals surface area contributed by atoms with Gasteiger partial charge < -0.3 is 15.2 Å². The molecule has 2 aromatic carbocycles. The number of nitro benzene ring substituents is 2. The fourth-order valence-electron chi connectivity index (χ4n) is 3.93. The van der Waals surface area contributed by atoms with Crippen LogP contribution in [-0.4, -0.2) is 28.1 Å². The monoisotopic (exact) mass is 415 g/mol. The van der Waals surface area contributed by atoms with Gasteiger partial charge in [0.25, 0.3) is 5.69 Å². The van der Waals surface area contributed by atoms with Gasteiger partial charge in [-0.05, 0) is 37.8 Å². The van der Waals surface area contributed by atoms with Crippen LogP contribution in [0.4, 0.5) is 17.1 Å². The molecule has 1 fully saturated rings. The van der Waals surface area contributed by atoms with Crippen LogP contribution in [0.2, 0.25) is 0 Å². The van der Waals surface area contributed by atoms with Gasteiger partial charge in [0.1, 0.15) is 0 Å². The summed E-state index contributed by atoms with van der Waals surface area (Å²) in [4.78, 5) is 22.0. The number of nitrogens with zero attached hydrogens (tertiary/aromatic N) is 2. The number of ether oxygens (including phenoxy) is 1. The van der Waals surface area contributed by atoms with Gasteiger partial charge >= 0.3 is 5.69 Å². The molecule has 3 rings (SSSR count). The maximum Gasteiger partial charge on any atom is 0.302 e. The normalized spacial score (nSPS) is 18.8. The van der Waals surface area contributed by atoms with E-state index in [0.29, 0.717) is 6.61 Å². The molecule has 30 heavy (non-hydrogen) atoms. The first-order chi connectivity index (χ1) is 14.3. The van der Waals surface area contributed by atoms with Crippen molar-refractivity contribution in [2.24, 2.45) is 5.92 Å². The zero-order valence-electron chi connectivity index (χ0n) is 17.0. The molecule has 0 radical (unpaired) electrons. The summed E-state index contributed by atoms with van der Waals surface area (Å²) in [6.07, 6.45) is 1.49. The lowest BCUT2D eigenvalue weighted by atomic mass is 9.89. The third kappa shape index (κ3) is 4.42. The summed E-state index contributed by atoms with van der Waals surface area (Å²) < 4.78 is 5.98. The predicted octanol–water partition coefficient (Wildman–Crippen LogP) is 4.19. The molecule has 1 aliphatic rings. The van der Waals surface area contributed by atoms with E-state index in [-0.39, 0.29) is 41.1 Å². The molecule has 0 spiro atoms. The van der Waals surface area contributed by atoms with Gasteiger partial charge in [0.05, 0.1) is 22.6 Å². The van der Waals surface area contributed by atoms with Crippen molar-refractivity contribution in [2.75, 3.05) is 18.5 Å². The second-order valence-corrected chi connectivity index (χ2v) is 7.56. The first-order valence-corrected chi connectivity index (χ1v) is 9.81. The van der Waals surface area contributed by atoms with Crippen molar-refractivity contribution in [2.45, 2.75) is 39.4 Å². The molecule has 1 heterocycles. The Labute approximate surface area is 174 Å². The maximum atomic E-state index is 11.7. The number of aliphatic hydroxyl groups is 1. The van der Waals surface area contributed by atoms with Gasteiger partial charge in [-0.15, -0.1) is 0 Å². The molecule has 1 saturated heterocycles. The molecule has 9 heteroatoms. The van der Waals surface area contributed by atoms with Crippen LogP contribution in [-0.2, 0) is 11.3 Å². The van der Waals surface area contributed by atoms with Gasteiger partial charge in [0.15, 0.2) is 5.69 Å². The number of nitrogens with one attached hydrogen (secondary N) is 1. The fourth-order valence-corrected chi connectivity index (χ4v) is 3.93. The van der Waals surface area contributed by atoms with Crippen molar-refractivity contribution < 1.29 is 19.7 Å². The van der Waals surface area contributed by atoms with E-state index >= 15 is 0 Å². The summed E-state index contributed by atoms with van der Waals surface area (Å²) in [6.45, 7) is 3.89. The lowest BCUT2D eigenvalue weighted by molar-refractivity contribution is -0.392. The maximum absolute atomic E-state index is 11.7. The first kappa shape index (κ1) is 21.7. The Balaban J connectivity index is 1.93. The summed E-state index contributed by atoms with van der Waals surface area (Å²) in [5.41, 5.74) is 1.60. The number of aryl methyl sites for hydroxylation is 1. The van der Waals surface area contributed by atoms with Gasteiger partial charge in [-0.3, -0.25) is 20.2 Å². The van der Waals surface area contributed by atoms with Crippen LogP contribution in [0.5, 0.6) is 0 Å². The Hall–Kier alpha value is -3.04. The van der Waals surface area contributed by atoms with E-state index in [0.717, 1.165) is 24.0 Å². The molecular weight excluding hydrogens is 390 g/mol. The van der Waals surface area contributed by atoms with E-state index in [4.69, 9.17) is 4.74 Å². The minimum atomic E-state index is -0.664. The molecule has 0 aliphatic carbocycles. The van der Waals surface area contributed by atoms with E-state index in [9.17, 15) is 25.3 Å². The zero-order valence-corrected chi connectivity index (χ0v) is 17.0. The smallest absolute Gasteiger partial charge is 0.302 e. The highest BCUT2D eigenvalue weighted by atomic mass is 16.6. The number of rotatable bonds is 7. The third-order valence-electron chi connectivity index (χ3n) is 5.58. The summed E-state index contributed by atoms with van der Waals surface area (Å²) in [7, 11) is 0. The Bertz CT molecular complexity index is 945. The van der Waals surface area contributed by atoms with E-state index in [1.54, 1.807) is 0 Å². The Morgan fingerprint density at radius 2 is 1.87 bits per heavy atom. The van der Waals surface area contributed by atoms with E-state index in [2.05, 4.69) is 5.32 Å². The summed E-state index contributed by atoms with van der Waals surface area (Å²) in [5, 5.41) is 35.7. The average molecular weight is 415 g/mol. The van der Waals surface area contributed by atoms with E-state index < -0.39 is 22.1 Å². The topological polar surface area (TPSA) is 128 Å². The molecule has 2 unspecified atom stereocenters. The molecule has 0 bridgehead atoms. The van der Waals surface area contributed by atoms with Gasteiger partial charge in [-0.25, -0.2) is 0 Å². The lowest BCUT2D eigenvalue weighted by Gasteiger charge is -2.32. The molecule has 0 aromatic heterocycles. The number of benzene rings is 2. The highest BCUT2D eigenvalue weighted by molar-refractivity contribution is 5.77. The van der Waals surface area contributed by atoms with Crippen LogP contribution in [0, 0.1) is 40.0 Å². The molecule has 0 saturated carbocycles. The third-order valence-corrected chi connectivity index (χ3v) is 5.58. The van der Waals surface area contributed by atoms with Gasteiger partial charge in [0.2, 0.25) is 0 Å². The number of hydrogen-bond donors (Lipinski definition) is 2. The number of nitro groups is 2. The summed E-state index contributed by atoms with van der Waals surface area (Å²) in [6, 6.07) is 9.21. The van der Waals surface area contributed by atoms with Gasteiger partial charge in [-0.2, -0.15) is 0 Å². The zero-order chi connectivity index (χ0) is 21.8. The second kappa shape index (κ2) is 9.19. The first-order valence-electron chi connectivity index (χ1n) is 9.81. The van der Waals surface area contributed by atoms with Crippen LogP contribution in [0.1, 0.15) is 41.2 Å². The van der Waals surface area contributed by atoms with Crippen molar-refractivity contribution in [3.05, 3.63) is 72.8 Å². The number of anilines is 1. The predicted molar refractivity (Wildman–Crippen MR) is 111 cm³/mol. The standard InChI is InChI=1S/C21H25N3O6/c1-13-5-7-15(8-6-13)21-16(4-3-9-30-21)11-22-19-18(23(26)27)10-17(12-25)14(2)20(19)24(28)29/h5-8,10,16,21-22,25H,3-4,9,11-12H2,1-2H3. The minimum Gasteiger partial charge on any atom is -0.392 e. The quantitative estimate of drug-likeness (QED) is 0.512. The van der Waals surface area contributed by atoms with E-state index in [1.165, 1.54) is 13.0 Å². The average Bonchev–Trinajstić information content (AvgIpc) is 2.72. The van der Waals surface area contributed by atoms with Crippen LogP contribution in [0.3, 0.4) is 0 Å². The molecule has 9 nitrogen and oxygen atoms in total.